The van der Waals surface area contributed by atoms with Crippen molar-refractivity contribution in [2.24, 2.45) is 0 Å². The second-order valence-electron chi connectivity index (χ2n) is 4.60. The number of pyridine rings is 1. The van der Waals surface area contributed by atoms with E-state index >= 15 is 0 Å². The van der Waals surface area contributed by atoms with Crippen LogP contribution in [0, 0.1) is 0 Å². The summed E-state index contributed by atoms with van der Waals surface area (Å²) in [6.07, 6.45) is 1.54. The molecule has 0 aliphatic carbocycles. The van der Waals surface area contributed by atoms with Gasteiger partial charge in [-0.1, -0.05) is 11.6 Å². The number of ether oxygens (including phenoxy) is 1. The van der Waals surface area contributed by atoms with Crippen molar-refractivity contribution in [3.8, 4) is 5.75 Å². The number of hydrogen-bond acceptors (Lipinski definition) is 4. The predicted molar refractivity (Wildman–Crippen MR) is 84.5 cm³/mol. The molecule has 0 fully saturated rings. The van der Waals surface area contributed by atoms with E-state index in [-0.39, 0.29) is 5.91 Å². The van der Waals surface area contributed by atoms with Gasteiger partial charge in [0.1, 0.15) is 11.6 Å². The molecule has 1 amide bonds. The molecule has 0 unspecified atom stereocenters. The minimum Gasteiger partial charge on any atom is -0.495 e. The van der Waals surface area contributed by atoms with Crippen LogP contribution in [0.25, 0.3) is 0 Å². The Labute approximate surface area is 128 Å². The number of benzene rings is 1. The molecule has 0 saturated carbocycles. The summed E-state index contributed by atoms with van der Waals surface area (Å²) in [5.74, 6) is 1.11. The van der Waals surface area contributed by atoms with Gasteiger partial charge in [-0.15, -0.1) is 0 Å². The summed E-state index contributed by atoms with van der Waals surface area (Å²) < 4.78 is 5.07. The van der Waals surface area contributed by atoms with Gasteiger partial charge < -0.3 is 15.0 Å². The van der Waals surface area contributed by atoms with Crippen molar-refractivity contribution in [1.82, 2.24) is 4.98 Å². The highest BCUT2D eigenvalue weighted by molar-refractivity contribution is 6.32. The van der Waals surface area contributed by atoms with E-state index in [0.717, 1.165) is 5.82 Å². The van der Waals surface area contributed by atoms with E-state index in [1.807, 2.05) is 19.0 Å². The zero-order chi connectivity index (χ0) is 15.4. The maximum Gasteiger partial charge on any atom is 0.257 e. The lowest BCUT2D eigenvalue weighted by molar-refractivity contribution is 0.102. The summed E-state index contributed by atoms with van der Waals surface area (Å²) in [6.45, 7) is 0. The largest absolute Gasteiger partial charge is 0.495 e. The number of amides is 1. The lowest BCUT2D eigenvalue weighted by atomic mass is 10.2. The molecule has 0 bridgehead atoms. The van der Waals surface area contributed by atoms with Gasteiger partial charge in [-0.2, -0.15) is 0 Å². The first kappa shape index (κ1) is 15.1. The second kappa shape index (κ2) is 6.45. The average Bonchev–Trinajstić information content (AvgIpc) is 2.47. The Morgan fingerprint density at radius 2 is 2.05 bits per heavy atom. The van der Waals surface area contributed by atoms with Crippen LogP contribution in [0.5, 0.6) is 5.75 Å². The third kappa shape index (κ3) is 3.64. The van der Waals surface area contributed by atoms with E-state index in [1.54, 1.807) is 30.3 Å². The van der Waals surface area contributed by atoms with Crippen LogP contribution in [0.1, 0.15) is 10.4 Å². The van der Waals surface area contributed by atoms with E-state index in [2.05, 4.69) is 10.3 Å². The molecule has 0 aliphatic heterocycles. The number of halogens is 1. The maximum atomic E-state index is 12.1. The van der Waals surface area contributed by atoms with E-state index in [1.165, 1.54) is 13.3 Å². The molecule has 2 rings (SSSR count). The zero-order valence-electron chi connectivity index (χ0n) is 12.1. The van der Waals surface area contributed by atoms with Crippen LogP contribution in [0.3, 0.4) is 0 Å². The van der Waals surface area contributed by atoms with E-state index in [4.69, 9.17) is 16.3 Å². The van der Waals surface area contributed by atoms with Crippen LogP contribution in [0.15, 0.2) is 36.5 Å². The first-order valence-corrected chi connectivity index (χ1v) is 6.67. The molecule has 0 spiro atoms. The minimum absolute atomic E-state index is 0.242. The maximum absolute atomic E-state index is 12.1. The molecule has 0 aliphatic rings. The highest BCUT2D eigenvalue weighted by atomic mass is 35.5. The van der Waals surface area contributed by atoms with Gasteiger partial charge in [-0.25, -0.2) is 4.98 Å². The first-order valence-electron chi connectivity index (χ1n) is 6.29. The van der Waals surface area contributed by atoms with Crippen molar-refractivity contribution in [3.63, 3.8) is 0 Å². The fourth-order valence-corrected chi connectivity index (χ4v) is 1.99. The number of rotatable bonds is 4. The van der Waals surface area contributed by atoms with Crippen LogP contribution < -0.4 is 15.0 Å². The van der Waals surface area contributed by atoms with Crippen molar-refractivity contribution >= 4 is 29.0 Å². The van der Waals surface area contributed by atoms with Gasteiger partial charge in [0.05, 0.1) is 17.7 Å². The van der Waals surface area contributed by atoms with Gasteiger partial charge >= 0.3 is 0 Å². The van der Waals surface area contributed by atoms with Crippen molar-refractivity contribution in [2.45, 2.75) is 0 Å². The molecule has 6 heteroatoms. The Kier molecular flexibility index (Phi) is 4.65. The van der Waals surface area contributed by atoms with Crippen molar-refractivity contribution in [1.29, 1.82) is 0 Å². The Hall–Kier alpha value is -2.27. The molecule has 110 valence electrons. The van der Waals surface area contributed by atoms with E-state index < -0.39 is 0 Å². The molecule has 0 atom stereocenters. The molecular weight excluding hydrogens is 290 g/mol. The number of nitrogens with one attached hydrogen (secondary N) is 1. The second-order valence-corrected chi connectivity index (χ2v) is 5.01. The molecule has 5 nitrogen and oxygen atoms in total. The molecule has 1 aromatic carbocycles. The number of carbonyl (C=O) groups is 1. The molecular formula is C15H16ClN3O2. The molecule has 0 radical (unpaired) electrons. The van der Waals surface area contributed by atoms with E-state index in [9.17, 15) is 4.79 Å². The van der Waals surface area contributed by atoms with Gasteiger partial charge in [0, 0.05) is 26.0 Å². The number of nitrogens with zero attached hydrogens (tertiary/aromatic N) is 2. The molecule has 1 heterocycles. The topological polar surface area (TPSA) is 54.5 Å². The number of anilines is 2. The normalized spacial score (nSPS) is 10.1. The van der Waals surface area contributed by atoms with Crippen LogP contribution in [-0.2, 0) is 0 Å². The smallest absolute Gasteiger partial charge is 0.257 e. The van der Waals surface area contributed by atoms with E-state index in [0.29, 0.717) is 22.0 Å². The van der Waals surface area contributed by atoms with Gasteiger partial charge in [0.25, 0.3) is 5.91 Å². The monoisotopic (exact) mass is 305 g/mol. The summed E-state index contributed by atoms with van der Waals surface area (Å²) in [4.78, 5) is 18.2. The highest BCUT2D eigenvalue weighted by Gasteiger charge is 2.09. The first-order chi connectivity index (χ1) is 10.0. The summed E-state index contributed by atoms with van der Waals surface area (Å²) in [5.41, 5.74) is 1.08. The Balaban J connectivity index is 2.12. The lowest BCUT2D eigenvalue weighted by Crippen LogP contribution is -2.14. The van der Waals surface area contributed by atoms with Crippen LogP contribution in [-0.4, -0.2) is 32.1 Å². The Morgan fingerprint density at radius 1 is 1.29 bits per heavy atom. The molecule has 2 aromatic rings. The van der Waals surface area contributed by atoms with Crippen LogP contribution >= 0.6 is 11.6 Å². The minimum atomic E-state index is -0.242. The molecule has 1 N–H and O–H groups in total. The van der Waals surface area contributed by atoms with Crippen LogP contribution in [0.2, 0.25) is 5.02 Å². The third-order valence-electron chi connectivity index (χ3n) is 2.88. The fourth-order valence-electron chi connectivity index (χ4n) is 1.73. The standard InChI is InChI=1S/C15H16ClN3O2/c1-19(2)14-7-4-10(9-17-14)15(20)18-11-5-6-13(21-3)12(16)8-11/h4-9H,1-3H3,(H,18,20). The molecule has 0 saturated heterocycles. The van der Waals surface area contributed by atoms with Crippen molar-refractivity contribution in [3.05, 3.63) is 47.1 Å². The number of hydrogen-bond donors (Lipinski definition) is 1. The van der Waals surface area contributed by atoms with Crippen molar-refractivity contribution < 1.29 is 9.53 Å². The summed E-state index contributed by atoms with van der Waals surface area (Å²) >= 11 is 6.02. The predicted octanol–water partition coefficient (Wildman–Crippen LogP) is 3.06. The van der Waals surface area contributed by atoms with Crippen LogP contribution in [0.4, 0.5) is 11.5 Å². The van der Waals surface area contributed by atoms with Gasteiger partial charge in [0.2, 0.25) is 0 Å². The number of aromatic nitrogens is 1. The summed E-state index contributed by atoms with van der Waals surface area (Å²) in [6, 6.07) is 8.58. The van der Waals surface area contributed by atoms with Gasteiger partial charge in [0.15, 0.2) is 0 Å². The van der Waals surface area contributed by atoms with Gasteiger partial charge in [-0.3, -0.25) is 4.79 Å². The highest BCUT2D eigenvalue weighted by Crippen LogP contribution is 2.27. The molecule has 21 heavy (non-hydrogen) atoms. The zero-order valence-corrected chi connectivity index (χ0v) is 12.8. The quantitative estimate of drug-likeness (QED) is 0.943. The number of methoxy groups -OCH3 is 1. The van der Waals surface area contributed by atoms with Gasteiger partial charge in [-0.05, 0) is 30.3 Å². The third-order valence-corrected chi connectivity index (χ3v) is 3.17. The summed E-state index contributed by atoms with van der Waals surface area (Å²) in [7, 11) is 5.32. The Morgan fingerprint density at radius 3 is 2.57 bits per heavy atom. The molecule has 1 aromatic heterocycles. The van der Waals surface area contributed by atoms with Crippen molar-refractivity contribution in [2.75, 3.05) is 31.4 Å². The fraction of sp³-hybridized carbons (Fsp3) is 0.200. The lowest BCUT2D eigenvalue weighted by Gasteiger charge is -2.11. The Bertz CT molecular complexity index is 642. The SMILES string of the molecule is COc1ccc(NC(=O)c2ccc(N(C)C)nc2)cc1Cl. The summed E-state index contributed by atoms with van der Waals surface area (Å²) in [5, 5.41) is 3.21. The number of carbonyl (C=O) groups excluding carboxylic acids is 1. The average molecular weight is 306 g/mol.